The van der Waals surface area contributed by atoms with Gasteiger partial charge in [-0.2, -0.15) is 0 Å². The van der Waals surface area contributed by atoms with Crippen LogP contribution in [0.5, 0.6) is 0 Å². The number of hydrogen-bond donors (Lipinski definition) is 2. The molecule has 0 radical (unpaired) electrons. The van der Waals surface area contributed by atoms with Crippen LogP contribution in [0.1, 0.15) is 32.4 Å². The lowest BCUT2D eigenvalue weighted by Crippen LogP contribution is -2.35. The van der Waals surface area contributed by atoms with E-state index in [4.69, 9.17) is 16.7 Å². The van der Waals surface area contributed by atoms with Gasteiger partial charge in [-0.05, 0) is 37.5 Å². The smallest absolute Gasteiger partial charge is 0.129 e. The predicted octanol–water partition coefficient (Wildman–Crippen LogP) is 2.40. The minimum Gasteiger partial charge on any atom is -0.396 e. The molecule has 2 N–H and O–H groups in total. The average Bonchev–Trinajstić information content (AvgIpc) is 2.27. The maximum absolute atomic E-state index is 9.06. The summed E-state index contributed by atoms with van der Waals surface area (Å²) in [6.45, 7) is 6.36. The van der Waals surface area contributed by atoms with Crippen LogP contribution in [0.3, 0.4) is 0 Å². The van der Waals surface area contributed by atoms with Crippen LogP contribution >= 0.6 is 11.6 Å². The quantitative estimate of drug-likeness (QED) is 0.780. The summed E-state index contributed by atoms with van der Waals surface area (Å²) in [6.07, 6.45) is 1.70. The summed E-state index contributed by atoms with van der Waals surface area (Å²) >= 11 is 5.84. The number of hydrogen-bond acceptors (Lipinski definition) is 3. The summed E-state index contributed by atoms with van der Waals surface area (Å²) in [5.41, 5.74) is 1.11. The lowest BCUT2D eigenvalue weighted by Gasteiger charge is -2.24. The van der Waals surface area contributed by atoms with E-state index in [1.807, 2.05) is 19.1 Å². The normalized spacial score (nSPS) is 16.8. The number of pyridine rings is 1. The minimum atomic E-state index is 0.192. The van der Waals surface area contributed by atoms with Crippen LogP contribution in [-0.4, -0.2) is 22.7 Å². The fourth-order valence-corrected chi connectivity index (χ4v) is 1.68. The topological polar surface area (TPSA) is 45.1 Å². The molecule has 0 aliphatic rings. The summed E-state index contributed by atoms with van der Waals surface area (Å²) < 4.78 is 0. The largest absolute Gasteiger partial charge is 0.396 e. The first-order valence-electron chi connectivity index (χ1n) is 5.53. The molecule has 0 spiro atoms. The maximum atomic E-state index is 9.06. The van der Waals surface area contributed by atoms with E-state index in [1.54, 1.807) is 6.20 Å². The van der Waals surface area contributed by atoms with Gasteiger partial charge in [-0.1, -0.05) is 18.5 Å². The molecule has 1 aromatic heterocycles. The van der Waals surface area contributed by atoms with Crippen LogP contribution in [0.15, 0.2) is 18.3 Å². The van der Waals surface area contributed by atoms with Crippen LogP contribution in [0.2, 0.25) is 5.15 Å². The van der Waals surface area contributed by atoms with Crippen molar-refractivity contribution < 1.29 is 5.11 Å². The van der Waals surface area contributed by atoms with Crippen molar-refractivity contribution in [3.63, 3.8) is 0 Å². The zero-order valence-electron chi connectivity index (χ0n) is 9.94. The van der Waals surface area contributed by atoms with E-state index in [2.05, 4.69) is 24.1 Å². The third-order valence-corrected chi connectivity index (χ3v) is 3.11. The molecule has 0 saturated heterocycles. The van der Waals surface area contributed by atoms with E-state index >= 15 is 0 Å². The fraction of sp³-hybridized carbons (Fsp3) is 0.583. The van der Waals surface area contributed by atoms with E-state index in [9.17, 15) is 0 Å². The zero-order chi connectivity index (χ0) is 12.1. The zero-order valence-corrected chi connectivity index (χ0v) is 10.7. The highest BCUT2D eigenvalue weighted by molar-refractivity contribution is 6.29. The number of nitrogens with one attached hydrogen (secondary N) is 1. The van der Waals surface area contributed by atoms with E-state index in [0.717, 1.165) is 5.56 Å². The standard InChI is InChI=1S/C12H19ClN2O/c1-8(7-16)9(2)15-10(3)11-4-5-14-12(13)6-11/h4-6,8-10,15-16H,7H2,1-3H3. The first-order valence-corrected chi connectivity index (χ1v) is 5.90. The second kappa shape index (κ2) is 6.18. The average molecular weight is 243 g/mol. The van der Waals surface area contributed by atoms with Crippen molar-refractivity contribution in [1.29, 1.82) is 0 Å². The molecule has 3 unspecified atom stereocenters. The van der Waals surface area contributed by atoms with Gasteiger partial charge in [0, 0.05) is 24.9 Å². The number of aliphatic hydroxyl groups excluding tert-OH is 1. The van der Waals surface area contributed by atoms with E-state index in [1.165, 1.54) is 0 Å². The van der Waals surface area contributed by atoms with Crippen LogP contribution < -0.4 is 5.32 Å². The molecule has 0 amide bonds. The number of halogens is 1. The molecule has 0 aromatic carbocycles. The van der Waals surface area contributed by atoms with Crippen molar-refractivity contribution in [2.75, 3.05) is 6.61 Å². The van der Waals surface area contributed by atoms with E-state index < -0.39 is 0 Å². The van der Waals surface area contributed by atoms with E-state index in [-0.39, 0.29) is 24.6 Å². The van der Waals surface area contributed by atoms with Crippen molar-refractivity contribution >= 4 is 11.6 Å². The lowest BCUT2D eigenvalue weighted by atomic mass is 10.0. The summed E-state index contributed by atoms with van der Waals surface area (Å²) in [4.78, 5) is 3.95. The fourth-order valence-electron chi connectivity index (χ4n) is 1.50. The Balaban J connectivity index is 2.61. The summed E-state index contributed by atoms with van der Waals surface area (Å²) in [5.74, 6) is 0.236. The molecule has 0 saturated carbocycles. The highest BCUT2D eigenvalue weighted by atomic mass is 35.5. The maximum Gasteiger partial charge on any atom is 0.129 e. The van der Waals surface area contributed by atoms with Crippen LogP contribution in [0.25, 0.3) is 0 Å². The van der Waals surface area contributed by atoms with Crippen LogP contribution in [0, 0.1) is 5.92 Å². The minimum absolute atomic E-state index is 0.192. The summed E-state index contributed by atoms with van der Waals surface area (Å²) in [5, 5.41) is 13.0. The van der Waals surface area contributed by atoms with Crippen molar-refractivity contribution in [3.05, 3.63) is 29.0 Å². The van der Waals surface area contributed by atoms with Gasteiger partial charge in [0.25, 0.3) is 0 Å². The first-order chi connectivity index (χ1) is 7.54. The molecular formula is C12H19ClN2O. The molecule has 0 bridgehead atoms. The van der Waals surface area contributed by atoms with Gasteiger partial charge in [0.2, 0.25) is 0 Å². The Morgan fingerprint density at radius 1 is 1.44 bits per heavy atom. The molecule has 3 nitrogen and oxygen atoms in total. The molecule has 1 heterocycles. The summed E-state index contributed by atoms with van der Waals surface area (Å²) in [6, 6.07) is 4.26. The SMILES string of the molecule is CC(NC(C)C(C)CO)c1ccnc(Cl)c1. The molecule has 90 valence electrons. The summed E-state index contributed by atoms with van der Waals surface area (Å²) in [7, 11) is 0. The Kier molecular flexibility index (Phi) is 5.19. The molecular weight excluding hydrogens is 224 g/mol. The van der Waals surface area contributed by atoms with Gasteiger partial charge in [-0.15, -0.1) is 0 Å². The molecule has 0 aliphatic heterocycles. The molecule has 0 aliphatic carbocycles. The molecule has 1 aromatic rings. The number of nitrogens with zero attached hydrogens (tertiary/aromatic N) is 1. The Labute approximate surface area is 102 Å². The van der Waals surface area contributed by atoms with Gasteiger partial charge in [0.15, 0.2) is 0 Å². The number of rotatable bonds is 5. The highest BCUT2D eigenvalue weighted by Crippen LogP contribution is 2.17. The van der Waals surface area contributed by atoms with Crippen molar-refractivity contribution in [2.45, 2.75) is 32.9 Å². The number of aliphatic hydroxyl groups is 1. The van der Waals surface area contributed by atoms with Crippen molar-refractivity contribution in [3.8, 4) is 0 Å². The van der Waals surface area contributed by atoms with Crippen molar-refractivity contribution in [1.82, 2.24) is 10.3 Å². The van der Waals surface area contributed by atoms with Crippen molar-refractivity contribution in [2.24, 2.45) is 5.92 Å². The van der Waals surface area contributed by atoms with Gasteiger partial charge >= 0.3 is 0 Å². The number of aromatic nitrogens is 1. The third-order valence-electron chi connectivity index (χ3n) is 2.91. The lowest BCUT2D eigenvalue weighted by molar-refractivity contribution is 0.202. The molecule has 0 fully saturated rings. The monoisotopic (exact) mass is 242 g/mol. The predicted molar refractivity (Wildman–Crippen MR) is 66.5 cm³/mol. The van der Waals surface area contributed by atoms with Gasteiger partial charge in [0.05, 0.1) is 0 Å². The van der Waals surface area contributed by atoms with Crippen LogP contribution in [-0.2, 0) is 0 Å². The van der Waals surface area contributed by atoms with Gasteiger partial charge in [0.1, 0.15) is 5.15 Å². The Bertz CT molecular complexity index is 333. The second-order valence-corrected chi connectivity index (χ2v) is 4.64. The van der Waals surface area contributed by atoms with Gasteiger partial charge in [-0.3, -0.25) is 0 Å². The molecule has 4 heteroatoms. The highest BCUT2D eigenvalue weighted by Gasteiger charge is 2.14. The Morgan fingerprint density at radius 2 is 2.12 bits per heavy atom. The Morgan fingerprint density at radius 3 is 2.69 bits per heavy atom. The molecule has 16 heavy (non-hydrogen) atoms. The Hall–Kier alpha value is -0.640. The third kappa shape index (κ3) is 3.74. The second-order valence-electron chi connectivity index (χ2n) is 4.25. The molecule has 1 rings (SSSR count). The van der Waals surface area contributed by atoms with Gasteiger partial charge < -0.3 is 10.4 Å². The first kappa shape index (κ1) is 13.4. The van der Waals surface area contributed by atoms with Gasteiger partial charge in [-0.25, -0.2) is 4.98 Å². The molecule has 3 atom stereocenters. The van der Waals surface area contributed by atoms with Crippen LogP contribution in [0.4, 0.5) is 0 Å². The van der Waals surface area contributed by atoms with E-state index in [0.29, 0.717) is 5.15 Å².